The molecule has 182 valence electrons. The lowest BCUT2D eigenvalue weighted by molar-refractivity contribution is -0.904. The predicted octanol–water partition coefficient (Wildman–Crippen LogP) is 2.25. The Morgan fingerprint density at radius 2 is 1.38 bits per heavy atom. The summed E-state index contributed by atoms with van der Waals surface area (Å²) in [7, 11) is 4.49. The first-order valence-electron chi connectivity index (χ1n) is 11.1. The highest BCUT2D eigenvalue weighted by atomic mass is 35.5. The summed E-state index contributed by atoms with van der Waals surface area (Å²) in [5.41, 5.74) is 3.19. The Morgan fingerprint density at radius 3 is 1.94 bits per heavy atom. The summed E-state index contributed by atoms with van der Waals surface area (Å²) in [4.78, 5) is 0. The summed E-state index contributed by atoms with van der Waals surface area (Å²) in [6, 6.07) is 19.2. The summed E-state index contributed by atoms with van der Waals surface area (Å²) < 4.78 is 12.6. The molecular formula is C27H44ClNO3. The standard InChI is InChI=1S/C27H42NO2.ClH.H2O/c1-26(2,3)22-27(4,5)24-13-15-25(16-14-24)30-20-19-29-18-17-28(6,7)21-23-11-9-8-10-12-23;;/h8-16H,17-22H2,1-7H3;1H;1H2/q+1;;/p-1. The van der Waals surface area contributed by atoms with E-state index < -0.39 is 0 Å². The van der Waals surface area contributed by atoms with Gasteiger partial charge in [-0.15, -0.1) is 0 Å². The number of ether oxygens (including phenoxy) is 2. The molecule has 0 amide bonds. The summed E-state index contributed by atoms with van der Waals surface area (Å²) >= 11 is 0. The third kappa shape index (κ3) is 11.3. The van der Waals surface area contributed by atoms with Gasteiger partial charge in [-0.2, -0.15) is 0 Å². The Bertz CT molecular complexity index is 753. The third-order valence-corrected chi connectivity index (χ3v) is 5.40. The molecule has 0 aliphatic rings. The van der Waals surface area contributed by atoms with E-state index in [9.17, 15) is 0 Å². The Hall–Kier alpha value is -1.59. The number of rotatable bonds is 11. The van der Waals surface area contributed by atoms with E-state index in [0.717, 1.165) is 36.3 Å². The molecule has 0 unspecified atom stereocenters. The van der Waals surface area contributed by atoms with Gasteiger partial charge >= 0.3 is 0 Å². The molecule has 0 aliphatic carbocycles. The van der Waals surface area contributed by atoms with Crippen LogP contribution < -0.4 is 17.1 Å². The maximum Gasteiger partial charge on any atom is 0.119 e. The molecule has 0 fully saturated rings. The minimum atomic E-state index is 0. The fourth-order valence-electron chi connectivity index (χ4n) is 4.22. The first-order valence-corrected chi connectivity index (χ1v) is 11.1. The topological polar surface area (TPSA) is 50.0 Å². The van der Waals surface area contributed by atoms with Gasteiger partial charge in [0.25, 0.3) is 0 Å². The van der Waals surface area contributed by atoms with Crippen LogP contribution in [0.4, 0.5) is 0 Å². The first kappa shape index (κ1) is 30.4. The molecule has 2 rings (SSSR count). The van der Waals surface area contributed by atoms with Crippen molar-refractivity contribution in [2.45, 2.75) is 53.0 Å². The molecule has 0 bridgehead atoms. The first-order chi connectivity index (χ1) is 14.0. The van der Waals surface area contributed by atoms with E-state index in [1.807, 2.05) is 0 Å². The Morgan fingerprint density at radius 1 is 0.781 bits per heavy atom. The van der Waals surface area contributed by atoms with E-state index in [0.29, 0.717) is 18.6 Å². The predicted molar refractivity (Wildman–Crippen MR) is 131 cm³/mol. The molecule has 0 saturated heterocycles. The average Bonchev–Trinajstić information content (AvgIpc) is 2.63. The number of hydrogen-bond donors (Lipinski definition) is 0. The van der Waals surface area contributed by atoms with E-state index in [-0.39, 0.29) is 23.3 Å². The van der Waals surface area contributed by atoms with Gasteiger partial charge < -0.3 is 31.8 Å². The van der Waals surface area contributed by atoms with Crippen molar-refractivity contribution in [1.29, 1.82) is 0 Å². The van der Waals surface area contributed by atoms with Crippen molar-refractivity contribution in [2.24, 2.45) is 5.41 Å². The SMILES string of the molecule is CC(C)(C)CC(C)(C)c1ccc(OCCOCC[N+](C)(C)Cc2ccccc2)cc1.O.[Cl-]. The molecule has 4 nitrogen and oxygen atoms in total. The van der Waals surface area contributed by atoms with E-state index in [2.05, 4.69) is 103 Å². The maximum absolute atomic E-state index is 5.87. The molecule has 32 heavy (non-hydrogen) atoms. The zero-order valence-corrected chi connectivity index (χ0v) is 21.8. The van der Waals surface area contributed by atoms with Crippen molar-refractivity contribution in [1.82, 2.24) is 0 Å². The van der Waals surface area contributed by atoms with E-state index >= 15 is 0 Å². The molecule has 2 aromatic carbocycles. The van der Waals surface area contributed by atoms with Crippen LogP contribution in [0.2, 0.25) is 0 Å². The van der Waals surface area contributed by atoms with Crippen LogP contribution in [-0.2, 0) is 16.7 Å². The van der Waals surface area contributed by atoms with Crippen molar-refractivity contribution in [3.8, 4) is 5.75 Å². The fraction of sp³-hybridized carbons (Fsp3) is 0.556. The van der Waals surface area contributed by atoms with Crippen LogP contribution in [0.1, 0.15) is 52.2 Å². The fourth-order valence-corrected chi connectivity index (χ4v) is 4.22. The van der Waals surface area contributed by atoms with Crippen molar-refractivity contribution >= 4 is 0 Å². The molecule has 5 heteroatoms. The van der Waals surface area contributed by atoms with E-state index in [1.54, 1.807) is 0 Å². The van der Waals surface area contributed by atoms with Crippen LogP contribution in [0.3, 0.4) is 0 Å². The van der Waals surface area contributed by atoms with Crippen molar-refractivity contribution in [2.75, 3.05) is 40.5 Å². The van der Waals surface area contributed by atoms with Gasteiger partial charge in [0, 0.05) is 5.56 Å². The van der Waals surface area contributed by atoms with Crippen LogP contribution in [0, 0.1) is 5.41 Å². The van der Waals surface area contributed by atoms with Gasteiger partial charge in [0.1, 0.15) is 25.4 Å². The molecule has 0 radical (unpaired) electrons. The second kappa shape index (κ2) is 13.2. The molecule has 0 aliphatic heterocycles. The number of quaternary nitrogens is 1. The Balaban J connectivity index is 0.00000480. The zero-order valence-electron chi connectivity index (χ0n) is 21.1. The monoisotopic (exact) mass is 465 g/mol. The van der Waals surface area contributed by atoms with Crippen LogP contribution in [0.5, 0.6) is 5.75 Å². The van der Waals surface area contributed by atoms with E-state index in [1.165, 1.54) is 11.1 Å². The lowest BCUT2D eigenvalue weighted by atomic mass is 9.72. The van der Waals surface area contributed by atoms with Gasteiger partial charge in [-0.05, 0) is 34.9 Å². The molecule has 2 aromatic rings. The number of halogens is 1. The number of benzene rings is 2. The molecule has 0 spiro atoms. The second-order valence-electron chi connectivity index (χ2n) is 10.9. The summed E-state index contributed by atoms with van der Waals surface area (Å²) in [5.74, 6) is 0.911. The quantitative estimate of drug-likeness (QED) is 0.377. The lowest BCUT2D eigenvalue weighted by Crippen LogP contribution is -3.00. The van der Waals surface area contributed by atoms with Gasteiger partial charge in [0.15, 0.2) is 0 Å². The third-order valence-electron chi connectivity index (χ3n) is 5.40. The average molecular weight is 466 g/mol. The Labute approximate surface area is 202 Å². The largest absolute Gasteiger partial charge is 1.00 e. The normalized spacial score (nSPS) is 12.0. The van der Waals surface area contributed by atoms with Gasteiger partial charge in [-0.1, -0.05) is 77.1 Å². The minimum absolute atomic E-state index is 0. The van der Waals surface area contributed by atoms with Crippen molar-refractivity contribution in [3.05, 3.63) is 65.7 Å². The number of nitrogens with zero attached hydrogens (tertiary/aromatic N) is 1. The van der Waals surface area contributed by atoms with Gasteiger partial charge in [0.2, 0.25) is 0 Å². The van der Waals surface area contributed by atoms with Crippen molar-refractivity contribution < 1.29 is 31.8 Å². The van der Waals surface area contributed by atoms with Crippen molar-refractivity contribution in [3.63, 3.8) is 0 Å². The summed E-state index contributed by atoms with van der Waals surface area (Å²) in [6.07, 6.45) is 1.15. The highest BCUT2D eigenvalue weighted by Crippen LogP contribution is 2.36. The van der Waals surface area contributed by atoms with E-state index in [4.69, 9.17) is 9.47 Å². The molecule has 0 saturated carbocycles. The molecule has 2 N–H and O–H groups in total. The summed E-state index contributed by atoms with van der Waals surface area (Å²) in [5, 5.41) is 0. The van der Waals surface area contributed by atoms with Gasteiger partial charge in [-0.25, -0.2) is 0 Å². The highest BCUT2D eigenvalue weighted by molar-refractivity contribution is 5.31. The number of hydrogen-bond acceptors (Lipinski definition) is 2. The highest BCUT2D eigenvalue weighted by Gasteiger charge is 2.27. The zero-order chi connectivity index (χ0) is 22.3. The van der Waals surface area contributed by atoms with Crippen LogP contribution in [-0.4, -0.2) is 50.4 Å². The van der Waals surface area contributed by atoms with Gasteiger partial charge in [-0.3, -0.25) is 0 Å². The maximum atomic E-state index is 5.87. The Kier molecular flexibility index (Phi) is 12.5. The molecule has 0 atom stereocenters. The minimum Gasteiger partial charge on any atom is -1.00 e. The molecular weight excluding hydrogens is 422 g/mol. The molecule has 0 aromatic heterocycles. The van der Waals surface area contributed by atoms with Crippen LogP contribution in [0.15, 0.2) is 54.6 Å². The lowest BCUT2D eigenvalue weighted by Gasteiger charge is -2.33. The van der Waals surface area contributed by atoms with Gasteiger partial charge in [0.05, 0.1) is 27.3 Å². The van der Waals surface area contributed by atoms with Crippen LogP contribution >= 0.6 is 0 Å². The summed E-state index contributed by atoms with van der Waals surface area (Å²) in [6.45, 7) is 15.5. The van der Waals surface area contributed by atoms with Crippen LogP contribution in [0.25, 0.3) is 0 Å². The second-order valence-corrected chi connectivity index (χ2v) is 10.9. The number of likely N-dealkylation sites (N-methyl/N-ethyl adjacent to an activating group) is 1. The smallest absolute Gasteiger partial charge is 0.119 e. The molecule has 0 heterocycles.